The van der Waals surface area contributed by atoms with Gasteiger partial charge in [-0.2, -0.15) is 0 Å². The molecule has 0 saturated carbocycles. The highest BCUT2D eigenvalue weighted by molar-refractivity contribution is 6.00. The molecule has 0 bridgehead atoms. The van der Waals surface area contributed by atoms with Crippen molar-refractivity contribution in [3.05, 3.63) is 0 Å². The van der Waals surface area contributed by atoms with E-state index < -0.39 is 191 Å². The molecule has 626 valence electrons. The van der Waals surface area contributed by atoms with E-state index in [2.05, 4.69) is 105 Å². The lowest BCUT2D eigenvalue weighted by Gasteiger charge is -2.27. The average molecular weight is 1580 g/mol. The van der Waals surface area contributed by atoms with E-state index >= 15 is 0 Å². The number of hydrogen-bond acceptors (Lipinski definition) is 22. The van der Waals surface area contributed by atoms with Crippen molar-refractivity contribution in [1.29, 1.82) is 0 Å². The van der Waals surface area contributed by atoms with Gasteiger partial charge in [0.1, 0.15) is 90.6 Å². The summed E-state index contributed by atoms with van der Waals surface area (Å²) in [5.41, 5.74) is 60.9. The first-order valence-corrected chi connectivity index (χ1v) is 35.5. The number of carboxylic acid groups (broad SMARTS) is 1. The molecule has 111 heavy (non-hydrogen) atoms. The van der Waals surface area contributed by atoms with Crippen molar-refractivity contribution in [3.63, 3.8) is 0 Å². The van der Waals surface area contributed by atoms with E-state index in [1.807, 2.05) is 0 Å². The maximum atomic E-state index is 14.6. The zero-order valence-electron chi connectivity index (χ0n) is 64.4. The van der Waals surface area contributed by atoms with Crippen molar-refractivity contribution in [3.8, 4) is 0 Å². The zero-order valence-corrected chi connectivity index (χ0v) is 64.4. The van der Waals surface area contributed by atoms with E-state index in [4.69, 9.17) is 68.2 Å². The van der Waals surface area contributed by atoms with Crippen molar-refractivity contribution in [2.45, 2.75) is 237 Å². The van der Waals surface area contributed by atoms with E-state index in [-0.39, 0.29) is 127 Å². The molecular formula is C63H117N31O17. The van der Waals surface area contributed by atoms with E-state index in [1.54, 1.807) is 0 Å². The second-order valence-corrected chi connectivity index (χ2v) is 26.0. The van der Waals surface area contributed by atoms with Gasteiger partial charge in [-0.05, 0) is 140 Å². The summed E-state index contributed by atoms with van der Waals surface area (Å²) >= 11 is 0. The van der Waals surface area contributed by atoms with Crippen molar-refractivity contribution < 1.29 is 81.8 Å². The Kier molecular flexibility index (Phi) is 45.6. The topological polar surface area (TPSA) is 822 Å². The van der Waals surface area contributed by atoms with Crippen LogP contribution < -0.4 is 143 Å². The minimum Gasteiger partial charge on any atom is -0.480 e. The summed E-state index contributed by atoms with van der Waals surface area (Å²) in [4.78, 5) is 233. The quantitative estimate of drug-likeness (QED) is 0.0153. The average Bonchev–Trinajstić information content (AvgIpc) is 0.867. The van der Waals surface area contributed by atoms with Gasteiger partial charge in [0.2, 0.25) is 88.6 Å². The lowest BCUT2D eigenvalue weighted by atomic mass is 10.0. The number of nitrogens with one attached hydrogen (secondary N) is 15. The molecule has 0 aromatic rings. The second-order valence-electron chi connectivity index (χ2n) is 26.0. The summed E-state index contributed by atoms with van der Waals surface area (Å²) in [6.07, 6.45) is -0.870. The van der Waals surface area contributed by atoms with Crippen LogP contribution in [0, 0.1) is 0 Å². The third-order valence-corrected chi connectivity index (χ3v) is 15.8. The van der Waals surface area contributed by atoms with Crippen molar-refractivity contribution in [2.24, 2.45) is 88.0 Å². The van der Waals surface area contributed by atoms with E-state index in [1.165, 1.54) is 76.2 Å². The molecule has 0 aliphatic carbocycles. The van der Waals surface area contributed by atoms with Gasteiger partial charge in [-0.25, -0.2) is 0 Å². The molecule has 0 aromatic heterocycles. The molecule has 0 aliphatic rings. The van der Waals surface area contributed by atoms with Crippen LogP contribution in [-0.2, 0) is 76.7 Å². The maximum Gasteiger partial charge on any atom is 0.325 e. The molecule has 0 rings (SSSR count). The van der Waals surface area contributed by atoms with E-state index in [0.717, 1.165) is 0 Å². The largest absolute Gasteiger partial charge is 0.480 e. The van der Waals surface area contributed by atoms with Crippen LogP contribution in [0.1, 0.15) is 140 Å². The standard InChI is InChI=1S/C63H117N31O17/c1-27(64)43(95)80-28(2)44(96)81-29(3)45(97)83-32(6)48(100)86-35(9)51(103)90-40(19-14-24-77-61(69)70)55(107)92-39(18-13-23-76-60(67)68)54(106)88-36(10)52(104)91-41(20-15-25-78-62(71)72)56(108)94-42(21-16-26-79-63(73)74)57(109)93-38(17-12-22-75-59(65)66)53(105)87-34(8)49(101)84-31(5)46(98)82-30(4)47(99)85-33(7)50(102)89-37(11)58(110)111/h27-42H,12-26,64H2,1-11H3,(H,80,95)(H,81,96)(H,82,98)(H,83,97)(H,84,101)(H,85,99)(H,86,100)(H,87,105)(H,88,106)(H,89,102)(H,90,103)(H,91,104)(H,92,107)(H,93,109)(H,94,108)(H,110,111)(H4,65,66,75)(H4,67,68,76)(H4,69,70,77)(H4,71,72,78)(H4,73,74,79)/t27-,28-,29-,30-,31-,32-,33-,34-,35-,36-,37-,38-,39-,40-,41-,42-/m0/s1. The molecule has 15 amide bonds. The zero-order chi connectivity index (χ0) is 85.1. The van der Waals surface area contributed by atoms with Gasteiger partial charge in [0.05, 0.1) is 6.04 Å². The molecule has 0 radical (unpaired) electrons. The van der Waals surface area contributed by atoms with Crippen molar-refractivity contribution in [1.82, 2.24) is 79.8 Å². The number of aliphatic carboxylic acids is 1. The van der Waals surface area contributed by atoms with Gasteiger partial charge in [0.15, 0.2) is 29.8 Å². The van der Waals surface area contributed by atoms with Crippen molar-refractivity contribution in [2.75, 3.05) is 32.7 Å². The first-order valence-electron chi connectivity index (χ1n) is 35.5. The van der Waals surface area contributed by atoms with Crippen LogP contribution in [0.2, 0.25) is 0 Å². The molecule has 0 spiro atoms. The summed E-state index contributed by atoms with van der Waals surface area (Å²) in [7, 11) is 0. The van der Waals surface area contributed by atoms with Gasteiger partial charge >= 0.3 is 5.97 Å². The number of amides is 15. The Hall–Kier alpha value is -12.2. The van der Waals surface area contributed by atoms with Crippen LogP contribution in [0.5, 0.6) is 0 Å². The Labute approximate surface area is 641 Å². The lowest BCUT2D eigenvalue weighted by molar-refractivity contribution is -0.141. The fourth-order valence-corrected chi connectivity index (χ4v) is 9.27. The molecule has 0 unspecified atom stereocenters. The first kappa shape index (κ1) is 98.8. The van der Waals surface area contributed by atoms with Gasteiger partial charge < -0.3 is 148 Å². The van der Waals surface area contributed by atoms with Gasteiger partial charge in [-0.15, -0.1) is 0 Å². The number of hydrogen-bond donors (Lipinski definition) is 27. The van der Waals surface area contributed by atoms with Gasteiger partial charge in [0.25, 0.3) is 0 Å². The van der Waals surface area contributed by atoms with Gasteiger partial charge in [-0.3, -0.25) is 102 Å². The summed E-state index contributed by atoms with van der Waals surface area (Å²) in [5.74, 6) is -16.1. The van der Waals surface area contributed by atoms with Crippen LogP contribution in [0.4, 0.5) is 0 Å². The summed E-state index contributed by atoms with van der Waals surface area (Å²) in [5, 5.41) is 45.8. The monoisotopic (exact) mass is 1580 g/mol. The normalized spacial score (nSPS) is 15.1. The van der Waals surface area contributed by atoms with Crippen LogP contribution in [0.15, 0.2) is 25.0 Å². The van der Waals surface area contributed by atoms with Crippen LogP contribution in [0.3, 0.4) is 0 Å². The molecule has 0 heterocycles. The summed E-state index contributed by atoms with van der Waals surface area (Å²) in [6, 6.07) is -21.5. The highest BCUT2D eigenvalue weighted by Gasteiger charge is 2.35. The predicted molar refractivity (Wildman–Crippen MR) is 407 cm³/mol. The van der Waals surface area contributed by atoms with Crippen molar-refractivity contribution >= 4 is 124 Å². The number of carbonyl (C=O) groups is 16. The van der Waals surface area contributed by atoms with Crippen LogP contribution >= 0.6 is 0 Å². The maximum absolute atomic E-state index is 14.6. The number of carbonyl (C=O) groups excluding carboxylic acids is 15. The summed E-state index contributed by atoms with van der Waals surface area (Å²) < 4.78 is 0. The number of guanidine groups is 5. The molecule has 0 aromatic carbocycles. The third-order valence-electron chi connectivity index (χ3n) is 15.8. The number of aliphatic imine (C=N–C) groups is 5. The number of carboxylic acids is 1. The van der Waals surface area contributed by atoms with Crippen LogP contribution in [0.25, 0.3) is 0 Å². The molecule has 0 aliphatic heterocycles. The first-order chi connectivity index (χ1) is 51.7. The Balaban J connectivity index is 6.99. The fourth-order valence-electron chi connectivity index (χ4n) is 9.27. The third kappa shape index (κ3) is 41.7. The van der Waals surface area contributed by atoms with E-state index in [0.29, 0.717) is 0 Å². The Bertz CT molecular complexity index is 3350. The molecule has 0 fully saturated rings. The van der Waals surface area contributed by atoms with Crippen LogP contribution in [-0.4, -0.2) is 259 Å². The van der Waals surface area contributed by atoms with Gasteiger partial charge in [-0.1, -0.05) is 0 Å². The fraction of sp³-hybridized carbons (Fsp3) is 0.667. The Morgan fingerprint density at radius 3 is 0.523 bits per heavy atom. The lowest BCUT2D eigenvalue weighted by Crippen LogP contribution is -2.60. The molecular weight excluding hydrogens is 1460 g/mol. The Morgan fingerprint density at radius 1 is 0.225 bits per heavy atom. The minimum atomic E-state index is -1.55. The molecule has 38 N–H and O–H groups in total. The predicted octanol–water partition coefficient (Wildman–Crippen LogP) is -12.8. The second kappa shape index (κ2) is 51.2. The number of nitrogens with two attached hydrogens (primary N) is 11. The molecule has 48 nitrogen and oxygen atoms in total. The molecule has 16 atom stereocenters. The SMILES string of the molecule is C[C@H](N)C(=O)N[C@@H](C)C(=O)N[C@@H](C)C(=O)N[C@@H](C)C(=O)N[C@@H](C)C(=O)N[C@@H](CCCN=C(N)N)C(=O)N[C@@H](CCCN=C(N)N)C(=O)N[C@@H](C)C(=O)N[C@@H](CCCN=C(N)N)C(=O)N[C@@H](CCCN=C(N)N)C(=O)N[C@@H](CCCN=C(N)N)C(=O)N[C@@H](C)C(=O)N[C@@H](C)C(=O)N[C@@H](C)C(=O)N[C@@H](C)C(=O)N[C@@H](C)C(=O)O. The Morgan fingerprint density at radius 2 is 0.360 bits per heavy atom. The number of rotatable bonds is 51. The molecule has 48 heteroatoms. The highest BCUT2D eigenvalue weighted by Crippen LogP contribution is 2.10. The minimum absolute atomic E-state index is 0.0125. The van der Waals surface area contributed by atoms with E-state index in [9.17, 15) is 76.7 Å². The molecule has 0 saturated heterocycles. The summed E-state index contributed by atoms with van der Waals surface area (Å²) in [6.45, 7) is 13.8. The smallest absolute Gasteiger partial charge is 0.325 e. The number of nitrogens with zero attached hydrogens (tertiary/aromatic N) is 5. The van der Waals surface area contributed by atoms with Gasteiger partial charge in [0, 0.05) is 32.7 Å². The highest BCUT2D eigenvalue weighted by atomic mass is 16.4.